The molecular formula is C25H23NO5S. The van der Waals surface area contributed by atoms with Gasteiger partial charge in [0.15, 0.2) is 0 Å². The summed E-state index contributed by atoms with van der Waals surface area (Å²) < 4.78 is 10.9. The zero-order valence-corrected chi connectivity index (χ0v) is 18.8. The number of anilines is 1. The van der Waals surface area contributed by atoms with Gasteiger partial charge in [-0.1, -0.05) is 17.7 Å². The van der Waals surface area contributed by atoms with Crippen LogP contribution in [0.4, 0.5) is 5.69 Å². The van der Waals surface area contributed by atoms with E-state index in [1.165, 1.54) is 23.3 Å². The second-order valence-corrected chi connectivity index (χ2v) is 8.29. The van der Waals surface area contributed by atoms with Gasteiger partial charge in [0, 0.05) is 10.6 Å². The molecule has 1 unspecified atom stereocenters. The molecule has 4 rings (SSSR count). The lowest BCUT2D eigenvalue weighted by atomic mass is 9.98. The van der Waals surface area contributed by atoms with Crippen molar-refractivity contribution in [2.24, 2.45) is 0 Å². The van der Waals surface area contributed by atoms with Crippen molar-refractivity contribution in [1.29, 1.82) is 0 Å². The van der Waals surface area contributed by atoms with Crippen LogP contribution in [0, 0.1) is 6.92 Å². The number of hydrogen-bond donors (Lipinski definition) is 1. The number of rotatable bonds is 6. The number of aliphatic hydroxyl groups excluding tert-OH is 1. The number of carbonyl (C=O) groups excluding carboxylic acids is 2. The maximum absolute atomic E-state index is 13.2. The number of carbonyl (C=O) groups is 2. The van der Waals surface area contributed by atoms with Crippen LogP contribution in [0.3, 0.4) is 0 Å². The third-order valence-electron chi connectivity index (χ3n) is 5.29. The van der Waals surface area contributed by atoms with Crippen LogP contribution in [0.15, 0.2) is 65.6 Å². The number of nitrogens with zero attached hydrogens (tertiary/aromatic N) is 1. The molecule has 3 aromatic rings. The molecule has 0 spiro atoms. The maximum Gasteiger partial charge on any atom is 0.300 e. The van der Waals surface area contributed by atoms with E-state index in [0.717, 1.165) is 10.4 Å². The van der Waals surface area contributed by atoms with Crippen LogP contribution in [0.1, 0.15) is 29.0 Å². The van der Waals surface area contributed by atoms with Crippen molar-refractivity contribution in [3.63, 3.8) is 0 Å². The van der Waals surface area contributed by atoms with Crippen LogP contribution in [0.2, 0.25) is 0 Å². The molecule has 2 heterocycles. The van der Waals surface area contributed by atoms with Gasteiger partial charge in [-0.2, -0.15) is 0 Å². The largest absolute Gasteiger partial charge is 0.507 e. The number of benzene rings is 2. The molecule has 1 fully saturated rings. The van der Waals surface area contributed by atoms with E-state index >= 15 is 0 Å². The number of ketones is 1. The highest BCUT2D eigenvalue weighted by atomic mass is 32.1. The second-order valence-electron chi connectivity index (χ2n) is 7.32. The van der Waals surface area contributed by atoms with E-state index in [4.69, 9.17) is 9.47 Å². The number of amides is 1. The number of thiophene rings is 1. The zero-order chi connectivity index (χ0) is 22.8. The number of aliphatic hydroxyl groups is 1. The Morgan fingerprint density at radius 1 is 1.12 bits per heavy atom. The molecule has 1 atom stereocenters. The Labute approximate surface area is 190 Å². The predicted molar refractivity (Wildman–Crippen MR) is 124 cm³/mol. The SMILES string of the molecule is CCOc1ccc(N2C(=O)C(=O)/C(=C(\O)c3cc(C)ccc3OC)C2c2cccs2)cc1. The Morgan fingerprint density at radius 3 is 2.50 bits per heavy atom. The molecule has 1 N–H and O–H groups in total. The zero-order valence-electron chi connectivity index (χ0n) is 18.0. The molecule has 0 saturated carbocycles. The lowest BCUT2D eigenvalue weighted by Crippen LogP contribution is -2.29. The minimum atomic E-state index is -0.752. The molecule has 1 aromatic heterocycles. The molecule has 7 heteroatoms. The molecule has 1 aliphatic heterocycles. The lowest BCUT2D eigenvalue weighted by Gasteiger charge is -2.24. The van der Waals surface area contributed by atoms with Crippen LogP contribution < -0.4 is 14.4 Å². The van der Waals surface area contributed by atoms with E-state index in [-0.39, 0.29) is 11.3 Å². The van der Waals surface area contributed by atoms with Gasteiger partial charge >= 0.3 is 0 Å². The number of ether oxygens (including phenoxy) is 2. The predicted octanol–water partition coefficient (Wildman–Crippen LogP) is 5.09. The van der Waals surface area contributed by atoms with Crippen molar-refractivity contribution >= 4 is 34.5 Å². The van der Waals surface area contributed by atoms with Crippen molar-refractivity contribution < 1.29 is 24.2 Å². The van der Waals surface area contributed by atoms with Gasteiger partial charge in [0.2, 0.25) is 0 Å². The molecule has 1 amide bonds. The van der Waals surface area contributed by atoms with Crippen LogP contribution in [0.25, 0.3) is 5.76 Å². The maximum atomic E-state index is 13.2. The van der Waals surface area contributed by atoms with Gasteiger partial charge < -0.3 is 14.6 Å². The average Bonchev–Trinajstić information content (AvgIpc) is 3.41. The molecule has 32 heavy (non-hydrogen) atoms. The summed E-state index contributed by atoms with van der Waals surface area (Å²) in [7, 11) is 1.50. The standard InChI is InChI=1S/C25H23NO5S/c1-4-31-17-10-8-16(9-11-17)26-22(20-6-5-13-32-20)21(24(28)25(26)29)23(27)18-14-15(2)7-12-19(18)30-3/h5-14,22,27H,4H2,1-3H3/b23-21-. The third kappa shape index (κ3) is 3.76. The van der Waals surface area contributed by atoms with Crippen LogP contribution in [-0.4, -0.2) is 30.5 Å². The Bertz CT molecular complexity index is 1180. The minimum Gasteiger partial charge on any atom is -0.507 e. The number of aryl methyl sites for hydroxylation is 1. The molecule has 1 aliphatic rings. The van der Waals surface area contributed by atoms with Gasteiger partial charge in [0.1, 0.15) is 23.3 Å². The van der Waals surface area contributed by atoms with Crippen molar-refractivity contribution in [1.82, 2.24) is 0 Å². The van der Waals surface area contributed by atoms with Crippen molar-refractivity contribution in [3.8, 4) is 11.5 Å². The lowest BCUT2D eigenvalue weighted by molar-refractivity contribution is -0.132. The average molecular weight is 450 g/mol. The van der Waals surface area contributed by atoms with E-state index in [1.807, 2.05) is 37.4 Å². The van der Waals surface area contributed by atoms with Gasteiger partial charge in [0.05, 0.1) is 24.9 Å². The number of hydrogen-bond acceptors (Lipinski definition) is 6. The molecule has 6 nitrogen and oxygen atoms in total. The van der Waals surface area contributed by atoms with Crippen LogP contribution in [-0.2, 0) is 9.59 Å². The van der Waals surface area contributed by atoms with Gasteiger partial charge in [-0.15, -0.1) is 11.3 Å². The molecular weight excluding hydrogens is 426 g/mol. The first-order chi connectivity index (χ1) is 15.5. The molecule has 2 aromatic carbocycles. The Morgan fingerprint density at radius 2 is 1.88 bits per heavy atom. The molecule has 0 radical (unpaired) electrons. The smallest absolute Gasteiger partial charge is 0.300 e. The third-order valence-corrected chi connectivity index (χ3v) is 6.22. The first kappa shape index (κ1) is 21.6. The number of methoxy groups -OCH3 is 1. The Kier molecular flexibility index (Phi) is 6.01. The highest BCUT2D eigenvalue weighted by molar-refractivity contribution is 7.10. The Balaban J connectivity index is 1.90. The first-order valence-corrected chi connectivity index (χ1v) is 11.1. The second kappa shape index (κ2) is 8.88. The van der Waals surface area contributed by atoms with Crippen molar-refractivity contribution in [2.45, 2.75) is 19.9 Å². The fourth-order valence-corrected chi connectivity index (χ4v) is 4.66. The molecule has 1 saturated heterocycles. The van der Waals surface area contributed by atoms with Crippen molar-refractivity contribution in [3.05, 3.63) is 81.6 Å². The summed E-state index contributed by atoms with van der Waals surface area (Å²) in [5.41, 5.74) is 1.85. The van der Waals surface area contributed by atoms with Gasteiger partial charge in [0.25, 0.3) is 11.7 Å². The van der Waals surface area contributed by atoms with E-state index in [9.17, 15) is 14.7 Å². The highest BCUT2D eigenvalue weighted by Gasteiger charge is 2.47. The quantitative estimate of drug-likeness (QED) is 0.322. The van der Waals surface area contributed by atoms with Gasteiger partial charge in [-0.3, -0.25) is 14.5 Å². The summed E-state index contributed by atoms with van der Waals surface area (Å²) in [4.78, 5) is 28.6. The topological polar surface area (TPSA) is 76.1 Å². The fourth-order valence-electron chi connectivity index (χ4n) is 3.84. The van der Waals surface area contributed by atoms with E-state index in [0.29, 0.717) is 29.4 Å². The normalized spacial score (nSPS) is 17.6. The fraction of sp³-hybridized carbons (Fsp3) is 0.200. The molecule has 164 valence electrons. The highest BCUT2D eigenvalue weighted by Crippen LogP contribution is 2.44. The summed E-state index contributed by atoms with van der Waals surface area (Å²) in [5.74, 6) is -0.592. The summed E-state index contributed by atoms with van der Waals surface area (Å²) in [5, 5.41) is 13.2. The van der Waals surface area contributed by atoms with Crippen molar-refractivity contribution in [2.75, 3.05) is 18.6 Å². The summed E-state index contributed by atoms with van der Waals surface area (Å²) in [6.07, 6.45) is 0. The van der Waals surface area contributed by atoms with Gasteiger partial charge in [-0.25, -0.2) is 0 Å². The monoisotopic (exact) mass is 449 g/mol. The summed E-state index contributed by atoms with van der Waals surface area (Å²) >= 11 is 1.42. The first-order valence-electron chi connectivity index (χ1n) is 10.2. The van der Waals surface area contributed by atoms with E-state index < -0.39 is 17.7 Å². The molecule has 0 bridgehead atoms. The molecule has 0 aliphatic carbocycles. The summed E-state index contributed by atoms with van der Waals surface area (Å²) in [6, 6.07) is 15.3. The van der Waals surface area contributed by atoms with Gasteiger partial charge in [-0.05, 0) is 61.7 Å². The minimum absolute atomic E-state index is 0.0373. The van der Waals surface area contributed by atoms with Crippen LogP contribution in [0.5, 0.6) is 11.5 Å². The number of Topliss-reactive ketones (excluding diaryl/α,β-unsaturated/α-hetero) is 1. The Hall–Kier alpha value is -3.58. The summed E-state index contributed by atoms with van der Waals surface area (Å²) in [6.45, 7) is 4.30. The van der Waals surface area contributed by atoms with E-state index in [1.54, 1.807) is 36.4 Å². The van der Waals surface area contributed by atoms with Crippen LogP contribution >= 0.6 is 11.3 Å². The van der Waals surface area contributed by atoms with E-state index in [2.05, 4.69) is 0 Å².